The molecule has 0 saturated heterocycles. The lowest BCUT2D eigenvalue weighted by Gasteiger charge is -2.15. The van der Waals surface area contributed by atoms with Gasteiger partial charge in [-0.2, -0.15) is 0 Å². The number of likely N-dealkylation sites (N-methyl/N-ethyl adjacent to an activating group) is 1. The minimum Gasteiger partial charge on any atom is -0.357 e. The third-order valence-corrected chi connectivity index (χ3v) is 1.86. The Morgan fingerprint density at radius 1 is 1.29 bits per heavy atom. The molecule has 0 heterocycles. The molecule has 3 N–H and O–H groups in total. The zero-order valence-corrected chi connectivity index (χ0v) is 9.02. The van der Waals surface area contributed by atoms with Gasteiger partial charge in [-0.15, -0.1) is 0 Å². The van der Waals surface area contributed by atoms with Crippen molar-refractivity contribution in [3.63, 3.8) is 0 Å². The molecule has 0 aromatic heterocycles. The smallest absolute Gasteiger partial charge is 0.242 e. The molecule has 2 amide bonds. The Balaban J connectivity index is 3.97. The van der Waals surface area contributed by atoms with E-state index >= 15 is 0 Å². The first kappa shape index (κ1) is 12.9. The molecule has 5 heteroatoms. The van der Waals surface area contributed by atoms with E-state index < -0.39 is 6.04 Å². The van der Waals surface area contributed by atoms with Crippen LogP contribution in [0.4, 0.5) is 0 Å². The number of carbonyl (C=O) groups excluding carboxylic acids is 2. The molecule has 1 atom stereocenters. The maximum absolute atomic E-state index is 11.3. The van der Waals surface area contributed by atoms with Gasteiger partial charge in [0.1, 0.15) is 6.04 Å². The van der Waals surface area contributed by atoms with Gasteiger partial charge in [0, 0.05) is 14.0 Å². The first-order valence-electron chi connectivity index (χ1n) is 4.75. The fraction of sp³-hybridized carbons (Fsp3) is 0.778. The highest BCUT2D eigenvalue weighted by Crippen LogP contribution is 1.96. The second-order valence-corrected chi connectivity index (χ2v) is 3.11. The Hall–Kier alpha value is -1.10. The summed E-state index contributed by atoms with van der Waals surface area (Å²) < 4.78 is 0. The van der Waals surface area contributed by atoms with Crippen molar-refractivity contribution in [1.29, 1.82) is 0 Å². The summed E-state index contributed by atoms with van der Waals surface area (Å²) in [6.45, 7) is 2.25. The fourth-order valence-corrected chi connectivity index (χ4v) is 1.17. The summed E-state index contributed by atoms with van der Waals surface area (Å²) >= 11 is 0. The van der Waals surface area contributed by atoms with Crippen molar-refractivity contribution in [1.82, 2.24) is 16.0 Å². The van der Waals surface area contributed by atoms with Crippen LogP contribution in [0.5, 0.6) is 0 Å². The zero-order chi connectivity index (χ0) is 11.0. The average molecular weight is 201 g/mol. The summed E-state index contributed by atoms with van der Waals surface area (Å²) in [6.07, 6.45) is 1.51. The van der Waals surface area contributed by atoms with Gasteiger partial charge in [-0.1, -0.05) is 0 Å². The highest BCUT2D eigenvalue weighted by Gasteiger charge is 2.16. The van der Waals surface area contributed by atoms with E-state index in [0.29, 0.717) is 6.42 Å². The van der Waals surface area contributed by atoms with Gasteiger partial charge in [0.25, 0.3) is 0 Å². The third-order valence-electron chi connectivity index (χ3n) is 1.86. The Labute approximate surface area is 84.6 Å². The number of rotatable bonds is 6. The van der Waals surface area contributed by atoms with Crippen LogP contribution in [0.25, 0.3) is 0 Å². The van der Waals surface area contributed by atoms with Crippen molar-refractivity contribution in [2.24, 2.45) is 0 Å². The first-order valence-corrected chi connectivity index (χ1v) is 4.75. The topological polar surface area (TPSA) is 70.2 Å². The number of hydrogen-bond donors (Lipinski definition) is 3. The largest absolute Gasteiger partial charge is 0.357 e. The minimum absolute atomic E-state index is 0.142. The maximum atomic E-state index is 11.3. The van der Waals surface area contributed by atoms with E-state index in [1.807, 2.05) is 7.05 Å². The average Bonchev–Trinajstić information content (AvgIpc) is 2.15. The number of nitrogens with one attached hydrogen (secondary N) is 3. The Bertz CT molecular complexity index is 194. The summed E-state index contributed by atoms with van der Waals surface area (Å²) in [7, 11) is 3.42. The van der Waals surface area contributed by atoms with Crippen molar-refractivity contribution in [2.45, 2.75) is 25.8 Å². The lowest BCUT2D eigenvalue weighted by atomic mass is 10.1. The Morgan fingerprint density at radius 2 is 1.93 bits per heavy atom. The minimum atomic E-state index is -0.411. The van der Waals surface area contributed by atoms with E-state index in [1.54, 1.807) is 7.05 Å². The van der Waals surface area contributed by atoms with Gasteiger partial charge in [-0.3, -0.25) is 9.59 Å². The molecule has 0 aromatic carbocycles. The number of carbonyl (C=O) groups is 2. The molecule has 0 rings (SSSR count). The SMILES string of the molecule is CNCCCC(NC(C)=O)C(=O)NC. The van der Waals surface area contributed by atoms with E-state index in [2.05, 4.69) is 16.0 Å². The van der Waals surface area contributed by atoms with Crippen molar-refractivity contribution < 1.29 is 9.59 Å². The Morgan fingerprint density at radius 3 is 2.36 bits per heavy atom. The summed E-state index contributed by atoms with van der Waals surface area (Å²) in [5.41, 5.74) is 0. The van der Waals surface area contributed by atoms with Gasteiger partial charge in [0.2, 0.25) is 11.8 Å². The molecule has 5 nitrogen and oxygen atoms in total. The van der Waals surface area contributed by atoms with Crippen LogP contribution in [0.3, 0.4) is 0 Å². The van der Waals surface area contributed by atoms with E-state index in [0.717, 1.165) is 13.0 Å². The lowest BCUT2D eigenvalue weighted by Crippen LogP contribution is -2.45. The van der Waals surface area contributed by atoms with Crippen molar-refractivity contribution in [3.8, 4) is 0 Å². The molecule has 82 valence electrons. The Kier molecular flexibility index (Phi) is 6.74. The summed E-state index contributed by atoms with van der Waals surface area (Å²) in [5.74, 6) is -0.320. The molecule has 0 aliphatic rings. The van der Waals surface area contributed by atoms with Crippen molar-refractivity contribution in [2.75, 3.05) is 20.6 Å². The van der Waals surface area contributed by atoms with Crippen LogP contribution in [0, 0.1) is 0 Å². The van der Waals surface area contributed by atoms with Crippen LogP contribution in [0.1, 0.15) is 19.8 Å². The number of hydrogen-bond acceptors (Lipinski definition) is 3. The molecule has 14 heavy (non-hydrogen) atoms. The molecule has 0 saturated carbocycles. The van der Waals surface area contributed by atoms with E-state index in [9.17, 15) is 9.59 Å². The van der Waals surface area contributed by atoms with Crippen LogP contribution >= 0.6 is 0 Å². The van der Waals surface area contributed by atoms with Gasteiger partial charge in [-0.05, 0) is 26.4 Å². The second-order valence-electron chi connectivity index (χ2n) is 3.11. The molecule has 1 unspecified atom stereocenters. The quantitative estimate of drug-likeness (QED) is 0.495. The van der Waals surface area contributed by atoms with Gasteiger partial charge in [-0.25, -0.2) is 0 Å². The monoisotopic (exact) mass is 201 g/mol. The summed E-state index contributed by atoms with van der Waals surface area (Å²) in [4.78, 5) is 22.1. The molecular weight excluding hydrogens is 182 g/mol. The fourth-order valence-electron chi connectivity index (χ4n) is 1.17. The van der Waals surface area contributed by atoms with Crippen LogP contribution in [-0.4, -0.2) is 38.5 Å². The maximum Gasteiger partial charge on any atom is 0.242 e. The van der Waals surface area contributed by atoms with E-state index in [1.165, 1.54) is 6.92 Å². The zero-order valence-electron chi connectivity index (χ0n) is 9.02. The molecular formula is C9H19N3O2. The highest BCUT2D eigenvalue weighted by atomic mass is 16.2. The molecule has 0 bridgehead atoms. The predicted molar refractivity (Wildman–Crippen MR) is 54.8 cm³/mol. The van der Waals surface area contributed by atoms with Crippen LogP contribution < -0.4 is 16.0 Å². The second kappa shape index (κ2) is 7.32. The summed E-state index contributed by atoms with van der Waals surface area (Å²) in [6, 6.07) is -0.411. The lowest BCUT2D eigenvalue weighted by molar-refractivity contribution is -0.127. The molecule has 0 aliphatic carbocycles. The standard InChI is InChI=1S/C9H19N3O2/c1-7(13)12-8(9(14)11-3)5-4-6-10-2/h8,10H,4-6H2,1-3H3,(H,11,14)(H,12,13). The third kappa shape index (κ3) is 5.53. The first-order chi connectivity index (χ1) is 6.61. The molecule has 0 fully saturated rings. The molecule has 0 radical (unpaired) electrons. The van der Waals surface area contributed by atoms with E-state index in [4.69, 9.17) is 0 Å². The van der Waals surface area contributed by atoms with Gasteiger partial charge >= 0.3 is 0 Å². The van der Waals surface area contributed by atoms with Crippen molar-refractivity contribution >= 4 is 11.8 Å². The molecule has 0 aromatic rings. The number of amides is 2. The van der Waals surface area contributed by atoms with Crippen molar-refractivity contribution in [3.05, 3.63) is 0 Å². The predicted octanol–water partition coefficient (Wildman–Crippen LogP) is -0.763. The van der Waals surface area contributed by atoms with Gasteiger partial charge in [0.15, 0.2) is 0 Å². The highest BCUT2D eigenvalue weighted by molar-refractivity contribution is 5.86. The summed E-state index contributed by atoms with van der Waals surface area (Å²) in [5, 5.41) is 8.12. The van der Waals surface area contributed by atoms with Gasteiger partial charge < -0.3 is 16.0 Å². The van der Waals surface area contributed by atoms with Crippen LogP contribution in [-0.2, 0) is 9.59 Å². The van der Waals surface area contributed by atoms with Crippen LogP contribution in [0.15, 0.2) is 0 Å². The normalized spacial score (nSPS) is 11.9. The molecule has 0 aliphatic heterocycles. The van der Waals surface area contributed by atoms with E-state index in [-0.39, 0.29) is 11.8 Å². The van der Waals surface area contributed by atoms with Crippen LogP contribution in [0.2, 0.25) is 0 Å². The van der Waals surface area contributed by atoms with Gasteiger partial charge in [0.05, 0.1) is 0 Å². The molecule has 0 spiro atoms.